The molecule has 3 aromatic rings. The lowest BCUT2D eigenvalue weighted by Crippen LogP contribution is -2.34. The van der Waals surface area contributed by atoms with Crippen molar-refractivity contribution in [2.24, 2.45) is 0 Å². The minimum Gasteiger partial charge on any atom is -0.496 e. The zero-order chi connectivity index (χ0) is 19.1. The summed E-state index contributed by atoms with van der Waals surface area (Å²) in [7, 11) is 1.66. The van der Waals surface area contributed by atoms with Crippen LogP contribution in [0.3, 0.4) is 0 Å². The maximum absolute atomic E-state index is 13.5. The van der Waals surface area contributed by atoms with E-state index in [0.717, 1.165) is 28.4 Å². The first-order valence-electron chi connectivity index (χ1n) is 8.98. The minimum atomic E-state index is -0.221. The third-order valence-corrected chi connectivity index (χ3v) is 5.64. The van der Waals surface area contributed by atoms with Crippen molar-refractivity contribution >= 4 is 29.0 Å². The number of nitrogens with zero attached hydrogens (tertiary/aromatic N) is 1. The van der Waals surface area contributed by atoms with Crippen LogP contribution in [0, 0.1) is 0 Å². The van der Waals surface area contributed by atoms with Gasteiger partial charge in [0.25, 0.3) is 0 Å². The molecule has 0 aliphatic carbocycles. The standard InChI is InChI=1S/C23H23NO2S/c1-3-21(27-22-17-11-10-16-20(22)26-2)23(25)24(18-12-6-4-7-13-18)19-14-8-5-9-15-19/h4-17,21H,3H2,1-2H3. The number of hydrogen-bond donors (Lipinski definition) is 0. The number of benzene rings is 3. The monoisotopic (exact) mass is 377 g/mol. The molecular formula is C23H23NO2S. The van der Waals surface area contributed by atoms with E-state index in [1.54, 1.807) is 23.8 Å². The summed E-state index contributed by atoms with van der Waals surface area (Å²) in [5.74, 6) is 0.852. The first-order valence-corrected chi connectivity index (χ1v) is 9.86. The normalized spacial score (nSPS) is 11.6. The Balaban J connectivity index is 1.94. The lowest BCUT2D eigenvalue weighted by Gasteiger charge is -2.27. The quantitative estimate of drug-likeness (QED) is 0.478. The lowest BCUT2D eigenvalue weighted by molar-refractivity contribution is -0.117. The molecule has 0 radical (unpaired) electrons. The Bertz CT molecular complexity index is 828. The number of para-hydroxylation sites is 3. The molecule has 0 fully saturated rings. The van der Waals surface area contributed by atoms with Gasteiger partial charge in [-0.05, 0) is 42.8 Å². The number of thioether (sulfide) groups is 1. The van der Waals surface area contributed by atoms with E-state index in [0.29, 0.717) is 0 Å². The van der Waals surface area contributed by atoms with E-state index in [1.165, 1.54) is 0 Å². The van der Waals surface area contributed by atoms with Crippen molar-refractivity contribution in [1.29, 1.82) is 0 Å². The van der Waals surface area contributed by atoms with Crippen LogP contribution in [-0.4, -0.2) is 18.3 Å². The van der Waals surface area contributed by atoms with Crippen LogP contribution in [0.1, 0.15) is 13.3 Å². The Morgan fingerprint density at radius 1 is 0.889 bits per heavy atom. The molecule has 0 aromatic heterocycles. The van der Waals surface area contributed by atoms with E-state index < -0.39 is 0 Å². The van der Waals surface area contributed by atoms with Crippen LogP contribution in [0.4, 0.5) is 11.4 Å². The van der Waals surface area contributed by atoms with Crippen LogP contribution in [-0.2, 0) is 4.79 Å². The molecule has 3 rings (SSSR count). The summed E-state index contributed by atoms with van der Waals surface area (Å²) < 4.78 is 5.45. The highest BCUT2D eigenvalue weighted by Gasteiger charge is 2.27. The van der Waals surface area contributed by atoms with Crippen molar-refractivity contribution in [2.45, 2.75) is 23.5 Å². The van der Waals surface area contributed by atoms with Crippen LogP contribution in [0.25, 0.3) is 0 Å². The fourth-order valence-corrected chi connectivity index (χ4v) is 3.98. The summed E-state index contributed by atoms with van der Waals surface area (Å²) in [6.45, 7) is 2.04. The molecule has 4 heteroatoms. The Morgan fingerprint density at radius 3 is 1.93 bits per heavy atom. The van der Waals surface area contributed by atoms with Crippen molar-refractivity contribution in [3.05, 3.63) is 84.9 Å². The first-order chi connectivity index (χ1) is 13.2. The van der Waals surface area contributed by atoms with Crippen LogP contribution in [0.15, 0.2) is 89.8 Å². The van der Waals surface area contributed by atoms with E-state index in [4.69, 9.17) is 4.74 Å². The van der Waals surface area contributed by atoms with Gasteiger partial charge in [0.1, 0.15) is 5.75 Å². The molecule has 0 saturated heterocycles. The van der Waals surface area contributed by atoms with Gasteiger partial charge in [-0.15, -0.1) is 11.8 Å². The fourth-order valence-electron chi connectivity index (χ4n) is 2.88. The minimum absolute atomic E-state index is 0.0609. The average Bonchev–Trinajstić information content (AvgIpc) is 2.74. The number of rotatable bonds is 7. The largest absolute Gasteiger partial charge is 0.496 e. The highest BCUT2D eigenvalue weighted by Crippen LogP contribution is 2.36. The molecule has 1 unspecified atom stereocenters. The summed E-state index contributed by atoms with van der Waals surface area (Å²) in [6.07, 6.45) is 0.720. The summed E-state index contributed by atoms with van der Waals surface area (Å²) in [6, 6.07) is 27.4. The van der Waals surface area contributed by atoms with Crippen LogP contribution in [0.5, 0.6) is 5.75 Å². The van der Waals surface area contributed by atoms with E-state index in [-0.39, 0.29) is 11.2 Å². The van der Waals surface area contributed by atoms with Gasteiger partial charge in [0, 0.05) is 11.4 Å². The maximum atomic E-state index is 13.5. The van der Waals surface area contributed by atoms with E-state index >= 15 is 0 Å². The molecule has 1 atom stereocenters. The molecule has 0 saturated carbocycles. The number of ether oxygens (including phenoxy) is 1. The SMILES string of the molecule is CCC(Sc1ccccc1OC)C(=O)N(c1ccccc1)c1ccccc1. The van der Waals surface area contributed by atoms with Crippen LogP contribution >= 0.6 is 11.8 Å². The van der Waals surface area contributed by atoms with Gasteiger partial charge in [-0.25, -0.2) is 0 Å². The van der Waals surface area contributed by atoms with Gasteiger partial charge in [-0.3, -0.25) is 9.69 Å². The van der Waals surface area contributed by atoms with Crippen molar-refractivity contribution in [3.63, 3.8) is 0 Å². The van der Waals surface area contributed by atoms with Gasteiger partial charge >= 0.3 is 0 Å². The van der Waals surface area contributed by atoms with Crippen molar-refractivity contribution in [3.8, 4) is 5.75 Å². The van der Waals surface area contributed by atoms with Gasteiger partial charge in [0.2, 0.25) is 5.91 Å². The second-order valence-corrected chi connectivity index (χ2v) is 7.25. The molecule has 138 valence electrons. The van der Waals surface area contributed by atoms with E-state index in [2.05, 4.69) is 0 Å². The van der Waals surface area contributed by atoms with Crippen LogP contribution in [0.2, 0.25) is 0 Å². The molecule has 0 bridgehead atoms. The summed E-state index contributed by atoms with van der Waals surface area (Å²) in [4.78, 5) is 16.3. The van der Waals surface area contributed by atoms with Crippen LogP contribution < -0.4 is 9.64 Å². The number of amides is 1. The Kier molecular flexibility index (Phi) is 6.55. The highest BCUT2D eigenvalue weighted by molar-refractivity contribution is 8.00. The third-order valence-electron chi connectivity index (χ3n) is 4.23. The van der Waals surface area contributed by atoms with Gasteiger partial charge in [0.15, 0.2) is 0 Å². The number of hydrogen-bond acceptors (Lipinski definition) is 3. The molecular weight excluding hydrogens is 354 g/mol. The molecule has 27 heavy (non-hydrogen) atoms. The molecule has 1 amide bonds. The zero-order valence-electron chi connectivity index (χ0n) is 15.5. The van der Waals surface area contributed by atoms with Gasteiger partial charge in [0.05, 0.1) is 17.3 Å². The molecule has 0 N–H and O–H groups in total. The second kappa shape index (κ2) is 9.28. The molecule has 0 spiro atoms. The lowest BCUT2D eigenvalue weighted by atomic mass is 10.2. The van der Waals surface area contributed by atoms with E-state index in [9.17, 15) is 4.79 Å². The Morgan fingerprint density at radius 2 is 1.41 bits per heavy atom. The number of carbonyl (C=O) groups excluding carboxylic acids is 1. The molecule has 3 aromatic carbocycles. The van der Waals surface area contributed by atoms with Crippen molar-refractivity contribution in [1.82, 2.24) is 0 Å². The topological polar surface area (TPSA) is 29.5 Å². The maximum Gasteiger partial charge on any atom is 0.245 e. The van der Waals surface area contributed by atoms with Gasteiger partial charge in [-0.2, -0.15) is 0 Å². The van der Waals surface area contributed by atoms with Crippen molar-refractivity contribution < 1.29 is 9.53 Å². The number of anilines is 2. The second-order valence-electron chi connectivity index (χ2n) is 6.01. The van der Waals surface area contributed by atoms with Gasteiger partial charge in [-0.1, -0.05) is 55.5 Å². The summed E-state index contributed by atoms with van der Waals surface area (Å²) >= 11 is 1.55. The van der Waals surface area contributed by atoms with E-state index in [1.807, 2.05) is 91.9 Å². The summed E-state index contributed by atoms with van der Waals surface area (Å²) in [5, 5.41) is -0.221. The Labute approximate surface area is 165 Å². The molecule has 0 aliphatic heterocycles. The Hall–Kier alpha value is -2.72. The average molecular weight is 378 g/mol. The molecule has 0 aliphatic rings. The number of carbonyl (C=O) groups is 1. The zero-order valence-corrected chi connectivity index (χ0v) is 16.4. The fraction of sp³-hybridized carbons (Fsp3) is 0.174. The van der Waals surface area contributed by atoms with Crippen molar-refractivity contribution in [2.75, 3.05) is 12.0 Å². The predicted molar refractivity (Wildman–Crippen MR) is 113 cm³/mol. The molecule has 0 heterocycles. The highest BCUT2D eigenvalue weighted by atomic mass is 32.2. The smallest absolute Gasteiger partial charge is 0.245 e. The van der Waals surface area contributed by atoms with Gasteiger partial charge < -0.3 is 4.74 Å². The molecule has 3 nitrogen and oxygen atoms in total. The first kappa shape index (κ1) is 19.1. The third kappa shape index (κ3) is 4.52. The summed E-state index contributed by atoms with van der Waals surface area (Å²) in [5.41, 5.74) is 1.74. The number of methoxy groups -OCH3 is 1. The predicted octanol–water partition coefficient (Wildman–Crippen LogP) is 5.93.